The highest BCUT2D eigenvalue weighted by molar-refractivity contribution is 5.97. The number of ether oxygens (including phenoxy) is 2. The lowest BCUT2D eigenvalue weighted by atomic mass is 9.77. The quantitative estimate of drug-likeness (QED) is 0.606. The minimum atomic E-state index is -4.91. The molecule has 2 heterocycles. The Kier molecular flexibility index (Phi) is 5.94. The summed E-state index contributed by atoms with van der Waals surface area (Å²) < 4.78 is 79.9. The van der Waals surface area contributed by atoms with Crippen LogP contribution in [0.5, 0.6) is 5.75 Å². The normalized spacial score (nSPS) is 25.6. The van der Waals surface area contributed by atoms with E-state index in [-0.39, 0.29) is 16.9 Å². The van der Waals surface area contributed by atoms with Crippen molar-refractivity contribution in [3.05, 3.63) is 51.9 Å². The molecule has 1 amide bonds. The number of hydrogen-bond donors (Lipinski definition) is 3. The van der Waals surface area contributed by atoms with E-state index in [1.807, 2.05) is 0 Å². The molecule has 0 aliphatic carbocycles. The minimum Gasteiger partial charge on any atom is -0.493 e. The molecule has 32 heavy (non-hydrogen) atoms. The van der Waals surface area contributed by atoms with Crippen LogP contribution in [0.4, 0.5) is 33.3 Å². The Bertz CT molecular complexity index is 1100. The Hall–Kier alpha value is -3.15. The molecule has 0 saturated carbocycles. The summed E-state index contributed by atoms with van der Waals surface area (Å²) in [4.78, 5) is 27.3. The van der Waals surface area contributed by atoms with E-state index in [0.29, 0.717) is 0 Å². The van der Waals surface area contributed by atoms with Crippen molar-refractivity contribution in [2.24, 2.45) is 5.92 Å². The number of methoxy groups -OCH3 is 1. The van der Waals surface area contributed by atoms with Crippen LogP contribution in [0, 0.1) is 17.6 Å². The number of aromatic amines is 1. The number of carbonyl (C=O) groups excluding carboxylic acids is 1. The van der Waals surface area contributed by atoms with Gasteiger partial charge in [-0.1, -0.05) is 13.0 Å². The van der Waals surface area contributed by atoms with Crippen LogP contribution in [0.2, 0.25) is 0 Å². The molecule has 4 atom stereocenters. The number of rotatable bonds is 4. The molecule has 12 heteroatoms. The number of nitrogen functional groups attached to an aromatic ring is 1. The molecular formula is C20H20F5N3O4. The Morgan fingerprint density at radius 3 is 2.50 bits per heavy atom. The lowest BCUT2D eigenvalue weighted by Gasteiger charge is -2.32. The van der Waals surface area contributed by atoms with E-state index in [0.717, 1.165) is 26.2 Å². The third-order valence-corrected chi connectivity index (χ3v) is 5.81. The van der Waals surface area contributed by atoms with Gasteiger partial charge >= 0.3 is 6.18 Å². The number of halogens is 5. The molecule has 1 aliphatic heterocycles. The second-order valence-electron chi connectivity index (χ2n) is 7.57. The van der Waals surface area contributed by atoms with Gasteiger partial charge in [-0.25, -0.2) is 4.39 Å². The van der Waals surface area contributed by atoms with Crippen LogP contribution in [0.3, 0.4) is 0 Å². The van der Waals surface area contributed by atoms with Crippen LogP contribution >= 0.6 is 0 Å². The van der Waals surface area contributed by atoms with Crippen molar-refractivity contribution in [2.75, 3.05) is 18.2 Å². The summed E-state index contributed by atoms with van der Waals surface area (Å²) in [6, 6.07) is 3.02. The van der Waals surface area contributed by atoms with Gasteiger partial charge in [0.05, 0.1) is 12.8 Å². The molecule has 4 N–H and O–H groups in total. The summed E-state index contributed by atoms with van der Waals surface area (Å²) in [6.45, 7) is 1.93. The largest absolute Gasteiger partial charge is 0.493 e. The van der Waals surface area contributed by atoms with Crippen LogP contribution in [-0.2, 0) is 9.53 Å². The number of aromatic nitrogens is 1. The van der Waals surface area contributed by atoms with Crippen LogP contribution < -0.4 is 21.3 Å². The molecule has 0 spiro atoms. The number of amides is 1. The van der Waals surface area contributed by atoms with E-state index in [1.54, 1.807) is 0 Å². The first-order chi connectivity index (χ1) is 14.8. The number of carbonyl (C=O) groups is 1. The predicted octanol–water partition coefficient (Wildman–Crippen LogP) is 3.32. The van der Waals surface area contributed by atoms with Crippen molar-refractivity contribution >= 4 is 17.3 Å². The lowest BCUT2D eigenvalue weighted by molar-refractivity contribution is -0.272. The number of anilines is 2. The lowest BCUT2D eigenvalue weighted by Crippen LogP contribution is -2.47. The SMILES string of the molecule is COc1c([C@H]2[C@H](C(=O)Nc3c(N)cc[nH]c3=O)O[C@@](C)(C(F)(F)F)[C@H]2C)ccc(F)c1F. The average molecular weight is 461 g/mol. The summed E-state index contributed by atoms with van der Waals surface area (Å²) in [5, 5.41) is 2.18. The fraction of sp³-hybridized carbons (Fsp3) is 0.400. The number of H-pyrrole nitrogens is 1. The molecule has 1 aromatic carbocycles. The minimum absolute atomic E-state index is 0.131. The van der Waals surface area contributed by atoms with Gasteiger partial charge in [0.2, 0.25) is 5.82 Å². The average Bonchev–Trinajstić information content (AvgIpc) is 2.99. The second-order valence-corrected chi connectivity index (χ2v) is 7.57. The van der Waals surface area contributed by atoms with Crippen molar-refractivity contribution in [1.29, 1.82) is 0 Å². The molecule has 174 valence electrons. The van der Waals surface area contributed by atoms with Gasteiger partial charge in [0.1, 0.15) is 11.8 Å². The Labute approximate surface area is 178 Å². The van der Waals surface area contributed by atoms with E-state index in [2.05, 4.69) is 10.3 Å². The number of pyridine rings is 1. The van der Waals surface area contributed by atoms with Gasteiger partial charge in [0.15, 0.2) is 17.2 Å². The third-order valence-electron chi connectivity index (χ3n) is 5.81. The molecule has 7 nitrogen and oxygen atoms in total. The molecule has 1 aromatic heterocycles. The molecular weight excluding hydrogens is 441 g/mol. The van der Waals surface area contributed by atoms with Gasteiger partial charge in [0, 0.05) is 23.6 Å². The van der Waals surface area contributed by atoms with E-state index >= 15 is 0 Å². The number of benzene rings is 1. The Morgan fingerprint density at radius 2 is 1.94 bits per heavy atom. The van der Waals surface area contributed by atoms with Gasteiger partial charge in [-0.15, -0.1) is 0 Å². The molecule has 0 unspecified atom stereocenters. The number of alkyl halides is 3. The van der Waals surface area contributed by atoms with Crippen molar-refractivity contribution in [3.63, 3.8) is 0 Å². The fourth-order valence-electron chi connectivity index (χ4n) is 3.86. The van der Waals surface area contributed by atoms with E-state index < -0.39 is 58.6 Å². The molecule has 2 aromatic rings. The summed E-state index contributed by atoms with van der Waals surface area (Å²) in [7, 11) is 1.02. The van der Waals surface area contributed by atoms with Gasteiger partial charge in [-0.2, -0.15) is 17.6 Å². The van der Waals surface area contributed by atoms with Crippen LogP contribution in [0.25, 0.3) is 0 Å². The third kappa shape index (κ3) is 3.68. The molecule has 0 radical (unpaired) electrons. The van der Waals surface area contributed by atoms with Crippen molar-refractivity contribution in [2.45, 2.75) is 37.6 Å². The maximum absolute atomic E-state index is 14.3. The van der Waals surface area contributed by atoms with Crippen LogP contribution in [0.15, 0.2) is 29.2 Å². The first-order valence-corrected chi connectivity index (χ1v) is 9.38. The zero-order valence-electron chi connectivity index (χ0n) is 17.1. The standard InChI is InChI=1S/C20H20F5N3O4/c1-8-12(9-4-5-10(21)13(22)15(9)31-3)16(32-19(8,2)20(23,24)25)18(30)28-14-11(26)6-7-27-17(14)29/h4-8,12,16H,1-3H3,(H,28,30)(H3,26,27,29)/t8-,12-,16+,19+/m0/s1. The highest BCUT2D eigenvalue weighted by atomic mass is 19.4. The highest BCUT2D eigenvalue weighted by Gasteiger charge is 2.66. The summed E-state index contributed by atoms with van der Waals surface area (Å²) in [5.41, 5.74) is 1.37. The van der Waals surface area contributed by atoms with Gasteiger partial charge in [0.25, 0.3) is 11.5 Å². The van der Waals surface area contributed by atoms with Crippen LogP contribution in [0.1, 0.15) is 25.3 Å². The van der Waals surface area contributed by atoms with E-state index in [9.17, 15) is 31.5 Å². The molecule has 1 aliphatic rings. The van der Waals surface area contributed by atoms with Gasteiger partial charge in [-0.05, 0) is 19.1 Å². The first-order valence-electron chi connectivity index (χ1n) is 9.38. The first kappa shape index (κ1) is 23.5. The second kappa shape index (κ2) is 8.08. The van der Waals surface area contributed by atoms with Crippen molar-refractivity contribution < 1.29 is 36.2 Å². The zero-order chi connectivity index (χ0) is 24.0. The van der Waals surface area contributed by atoms with E-state index in [1.165, 1.54) is 19.2 Å². The Balaban J connectivity index is 2.13. The number of nitrogens with one attached hydrogen (secondary N) is 2. The molecule has 0 bridgehead atoms. The predicted molar refractivity (Wildman–Crippen MR) is 104 cm³/mol. The highest BCUT2D eigenvalue weighted by Crippen LogP contribution is 2.55. The summed E-state index contributed by atoms with van der Waals surface area (Å²) in [6.07, 6.45) is -5.53. The summed E-state index contributed by atoms with van der Waals surface area (Å²) in [5.74, 6) is -7.29. The topological polar surface area (TPSA) is 106 Å². The van der Waals surface area contributed by atoms with Crippen LogP contribution in [-0.4, -0.2) is 35.9 Å². The zero-order valence-corrected chi connectivity index (χ0v) is 17.1. The number of hydrogen-bond acceptors (Lipinski definition) is 5. The van der Waals surface area contributed by atoms with E-state index in [4.69, 9.17) is 15.2 Å². The Morgan fingerprint density at radius 1 is 1.28 bits per heavy atom. The van der Waals surface area contributed by atoms with Gasteiger partial charge in [-0.3, -0.25) is 9.59 Å². The molecule has 1 fully saturated rings. The van der Waals surface area contributed by atoms with Crippen molar-refractivity contribution in [1.82, 2.24) is 4.98 Å². The fourth-order valence-corrected chi connectivity index (χ4v) is 3.86. The monoisotopic (exact) mass is 461 g/mol. The molecule has 3 rings (SSSR count). The maximum Gasteiger partial charge on any atom is 0.417 e. The number of nitrogens with two attached hydrogens (primary N) is 1. The maximum atomic E-state index is 14.3. The summed E-state index contributed by atoms with van der Waals surface area (Å²) >= 11 is 0. The smallest absolute Gasteiger partial charge is 0.417 e. The molecule has 1 saturated heterocycles. The van der Waals surface area contributed by atoms with Crippen molar-refractivity contribution in [3.8, 4) is 5.75 Å². The van der Waals surface area contributed by atoms with Gasteiger partial charge < -0.3 is 25.5 Å².